The molecule has 4 aromatic rings. The van der Waals surface area contributed by atoms with Crippen LogP contribution in [0.1, 0.15) is 86.7 Å². The van der Waals surface area contributed by atoms with Crippen molar-refractivity contribution in [1.29, 1.82) is 0 Å². The number of fused-ring (bicyclic) bond motifs is 4. The van der Waals surface area contributed by atoms with E-state index in [0.29, 0.717) is 46.3 Å². The second-order valence-corrected chi connectivity index (χ2v) is 11.4. The van der Waals surface area contributed by atoms with Crippen LogP contribution in [0.15, 0.2) is 34.7 Å². The molecule has 0 spiro atoms. The summed E-state index contributed by atoms with van der Waals surface area (Å²) in [5.74, 6) is 0.251. The van der Waals surface area contributed by atoms with Gasteiger partial charge in [-0.3, -0.25) is 14.6 Å². The average molecular weight is 544 g/mol. The van der Waals surface area contributed by atoms with Crippen LogP contribution in [-0.2, 0) is 12.8 Å². The Morgan fingerprint density at radius 1 is 1.18 bits per heavy atom. The summed E-state index contributed by atoms with van der Waals surface area (Å²) in [7, 11) is 0. The molecule has 1 saturated heterocycles. The van der Waals surface area contributed by atoms with E-state index in [1.807, 2.05) is 17.9 Å². The van der Waals surface area contributed by atoms with Crippen molar-refractivity contribution in [2.75, 3.05) is 6.54 Å². The number of hydrogen-bond donors (Lipinski definition) is 1. The molecular weight excluding hydrogens is 517 g/mol. The van der Waals surface area contributed by atoms with Crippen molar-refractivity contribution in [3.05, 3.63) is 75.0 Å². The molecule has 0 bridgehead atoms. The van der Waals surface area contributed by atoms with Crippen molar-refractivity contribution >= 4 is 23.2 Å². The second kappa shape index (κ2) is 9.08. The summed E-state index contributed by atoms with van der Waals surface area (Å²) < 4.78 is 19.5. The van der Waals surface area contributed by atoms with Gasteiger partial charge in [-0.1, -0.05) is 13.0 Å². The van der Waals surface area contributed by atoms with E-state index >= 15 is 0 Å². The fourth-order valence-corrected chi connectivity index (χ4v) is 7.21. The highest BCUT2D eigenvalue weighted by Crippen LogP contribution is 2.49. The first-order valence-electron chi connectivity index (χ1n) is 13.3. The van der Waals surface area contributed by atoms with E-state index in [-0.39, 0.29) is 29.7 Å². The van der Waals surface area contributed by atoms with Crippen LogP contribution < -0.4 is 5.32 Å². The van der Waals surface area contributed by atoms with E-state index in [4.69, 9.17) is 9.40 Å². The van der Waals surface area contributed by atoms with Gasteiger partial charge in [-0.2, -0.15) is 0 Å². The zero-order valence-electron chi connectivity index (χ0n) is 21.6. The monoisotopic (exact) mass is 543 g/mol. The molecule has 2 atom stereocenters. The van der Waals surface area contributed by atoms with Crippen molar-refractivity contribution in [3.63, 3.8) is 0 Å². The molecule has 5 heterocycles. The Hall–Kier alpha value is -3.92. The van der Waals surface area contributed by atoms with Gasteiger partial charge >= 0.3 is 0 Å². The zero-order valence-corrected chi connectivity index (χ0v) is 22.4. The van der Waals surface area contributed by atoms with Gasteiger partial charge in [0, 0.05) is 23.9 Å². The zero-order chi connectivity index (χ0) is 26.8. The largest absolute Gasteiger partial charge is 0.421 e. The minimum Gasteiger partial charge on any atom is -0.421 e. The maximum atomic E-state index is 13.7. The molecule has 10 heteroatoms. The average Bonchev–Trinajstić information content (AvgIpc) is 3.75. The van der Waals surface area contributed by atoms with Crippen molar-refractivity contribution in [2.24, 2.45) is 0 Å². The summed E-state index contributed by atoms with van der Waals surface area (Å²) in [6, 6.07) is 8.22. The first-order chi connectivity index (χ1) is 18.9. The molecule has 1 N–H and O–H groups in total. The fraction of sp³-hybridized carbons (Fsp3) is 0.345. The first-order valence-corrected chi connectivity index (χ1v) is 14.1. The molecule has 2 unspecified atom stereocenters. The third-order valence-electron chi connectivity index (χ3n) is 7.98. The van der Waals surface area contributed by atoms with Crippen LogP contribution >= 0.6 is 11.3 Å². The summed E-state index contributed by atoms with van der Waals surface area (Å²) in [6.07, 6.45) is 3.92. The number of aromatic nitrogens is 3. The van der Waals surface area contributed by atoms with Crippen LogP contribution in [0, 0.1) is 12.7 Å². The normalized spacial score (nSPS) is 19.4. The van der Waals surface area contributed by atoms with Crippen molar-refractivity contribution in [1.82, 2.24) is 25.4 Å². The molecule has 1 aromatic carbocycles. The Kier molecular flexibility index (Phi) is 5.62. The fourth-order valence-electron chi connectivity index (χ4n) is 6.24. The quantitative estimate of drug-likeness (QED) is 0.353. The lowest BCUT2D eigenvalue weighted by Gasteiger charge is -2.15. The third-order valence-corrected chi connectivity index (χ3v) is 9.08. The lowest BCUT2D eigenvalue weighted by atomic mass is 9.94. The van der Waals surface area contributed by atoms with Crippen LogP contribution in [0.5, 0.6) is 0 Å². The van der Waals surface area contributed by atoms with Gasteiger partial charge in [0.15, 0.2) is 0 Å². The molecule has 8 nitrogen and oxygen atoms in total. The van der Waals surface area contributed by atoms with Crippen molar-refractivity contribution < 1.29 is 18.4 Å². The highest BCUT2D eigenvalue weighted by molar-refractivity contribution is 7.17. The predicted octanol–water partition coefficient (Wildman–Crippen LogP) is 5.58. The van der Waals surface area contributed by atoms with Gasteiger partial charge < -0.3 is 14.6 Å². The number of aryl methyl sites for hydroxylation is 3. The SMILES string of the molecule is CCc1nc2c(c(-c3ccc(C(=O)NC4CCc5cc(F)ccc54)s3)c1-c1nnc(C)o1)C(=O)N1CCCC21. The maximum Gasteiger partial charge on any atom is 0.261 e. The Morgan fingerprint density at radius 3 is 2.85 bits per heavy atom. The van der Waals surface area contributed by atoms with Crippen LogP contribution in [-0.4, -0.2) is 38.4 Å². The van der Waals surface area contributed by atoms with Crippen LogP contribution in [0.2, 0.25) is 0 Å². The summed E-state index contributed by atoms with van der Waals surface area (Å²) in [5.41, 5.74) is 5.44. The molecule has 3 aromatic heterocycles. The number of benzene rings is 1. The van der Waals surface area contributed by atoms with Crippen LogP contribution in [0.3, 0.4) is 0 Å². The number of hydrogen-bond acceptors (Lipinski definition) is 7. The van der Waals surface area contributed by atoms with Gasteiger partial charge in [0.25, 0.3) is 11.8 Å². The smallest absolute Gasteiger partial charge is 0.261 e. The molecule has 2 aliphatic heterocycles. The molecule has 1 fully saturated rings. The van der Waals surface area contributed by atoms with E-state index in [9.17, 15) is 14.0 Å². The predicted molar refractivity (Wildman–Crippen MR) is 143 cm³/mol. The summed E-state index contributed by atoms with van der Waals surface area (Å²) in [6.45, 7) is 4.46. The Morgan fingerprint density at radius 2 is 2.05 bits per heavy atom. The summed E-state index contributed by atoms with van der Waals surface area (Å²) >= 11 is 1.33. The van der Waals surface area contributed by atoms with Gasteiger partial charge in [-0.25, -0.2) is 4.39 Å². The number of amides is 2. The molecule has 3 aliphatic rings. The Bertz CT molecular complexity index is 1660. The number of halogens is 1. The number of rotatable bonds is 5. The number of carbonyl (C=O) groups excluding carboxylic acids is 2. The topological polar surface area (TPSA) is 101 Å². The van der Waals surface area contributed by atoms with Gasteiger partial charge in [-0.15, -0.1) is 21.5 Å². The van der Waals surface area contributed by atoms with Crippen molar-refractivity contribution in [3.8, 4) is 21.9 Å². The molecule has 39 heavy (non-hydrogen) atoms. The highest BCUT2D eigenvalue weighted by Gasteiger charge is 2.44. The maximum absolute atomic E-state index is 13.7. The summed E-state index contributed by atoms with van der Waals surface area (Å²) in [4.78, 5) is 35.2. The van der Waals surface area contributed by atoms with Gasteiger partial charge in [-0.05, 0) is 67.5 Å². The highest BCUT2D eigenvalue weighted by atomic mass is 32.1. The molecule has 7 rings (SSSR count). The number of nitrogens with zero attached hydrogens (tertiary/aromatic N) is 4. The number of pyridine rings is 1. The molecule has 0 radical (unpaired) electrons. The Balaban J connectivity index is 1.31. The van der Waals surface area contributed by atoms with E-state index in [2.05, 4.69) is 15.5 Å². The number of carbonyl (C=O) groups is 2. The standard InChI is InChI=1S/C29H26FN5O3S/c1-3-18-23(28-34-33-14(2)38-28)24(25-26(31-18)20-5-4-12-35(20)29(25)37)21-10-11-22(39-21)27(36)32-19-9-6-15-13-16(30)7-8-17(15)19/h7-8,10-11,13,19-20H,3-6,9,12H2,1-2H3,(H,32,36). The van der Waals surface area contributed by atoms with Gasteiger partial charge in [0.1, 0.15) is 5.82 Å². The van der Waals surface area contributed by atoms with E-state index in [1.165, 1.54) is 17.4 Å². The molecular formula is C29H26FN5O3S. The molecule has 2 amide bonds. The van der Waals surface area contributed by atoms with E-state index < -0.39 is 0 Å². The Labute approximate surface area is 228 Å². The minimum absolute atomic E-state index is 0.0231. The summed E-state index contributed by atoms with van der Waals surface area (Å²) in [5, 5.41) is 11.4. The number of thiophene rings is 1. The minimum atomic E-state index is -0.262. The van der Waals surface area contributed by atoms with Crippen molar-refractivity contribution in [2.45, 2.75) is 58.0 Å². The lowest BCUT2D eigenvalue weighted by Crippen LogP contribution is -2.26. The first kappa shape index (κ1) is 24.1. The van der Waals surface area contributed by atoms with Crippen LogP contribution in [0.4, 0.5) is 4.39 Å². The van der Waals surface area contributed by atoms with Gasteiger partial charge in [0.2, 0.25) is 11.8 Å². The molecule has 198 valence electrons. The van der Waals surface area contributed by atoms with Crippen LogP contribution in [0.25, 0.3) is 21.9 Å². The molecule has 0 saturated carbocycles. The molecule has 1 aliphatic carbocycles. The number of nitrogens with one attached hydrogen (secondary N) is 1. The van der Waals surface area contributed by atoms with E-state index in [0.717, 1.165) is 53.1 Å². The van der Waals surface area contributed by atoms with Gasteiger partial charge in [0.05, 0.1) is 39.5 Å². The lowest BCUT2D eigenvalue weighted by molar-refractivity contribution is 0.0776. The third kappa shape index (κ3) is 3.80. The van der Waals surface area contributed by atoms with E-state index in [1.54, 1.807) is 25.1 Å². The second-order valence-electron chi connectivity index (χ2n) is 10.3.